The molecule has 4 aliphatic rings. The van der Waals surface area contributed by atoms with Gasteiger partial charge in [-0.1, -0.05) is 11.3 Å². The van der Waals surface area contributed by atoms with Gasteiger partial charge in [0.2, 0.25) is 5.91 Å². The van der Waals surface area contributed by atoms with Crippen LogP contribution in [0.5, 0.6) is 0 Å². The maximum Gasteiger partial charge on any atom is 0.228 e. The largest absolute Gasteiger partial charge is 0.387 e. The van der Waals surface area contributed by atoms with Gasteiger partial charge in [-0.3, -0.25) is 4.79 Å². The van der Waals surface area contributed by atoms with Gasteiger partial charge >= 0.3 is 0 Å². The minimum Gasteiger partial charge on any atom is -0.387 e. The van der Waals surface area contributed by atoms with E-state index in [-0.39, 0.29) is 28.6 Å². The second kappa shape index (κ2) is 10.4. The molecule has 9 nitrogen and oxygen atoms in total. The topological polar surface area (TPSA) is 106 Å². The number of carbonyl (C=O) groups excluding carboxylic acids is 1. The van der Waals surface area contributed by atoms with E-state index in [1.165, 1.54) is 29.5 Å². The number of thiazole rings is 1. The second-order valence-electron chi connectivity index (χ2n) is 12.7. The summed E-state index contributed by atoms with van der Waals surface area (Å²) in [5.41, 5.74) is 3.99. The highest BCUT2D eigenvalue weighted by molar-refractivity contribution is 7.16. The molecule has 45 heavy (non-hydrogen) atoms. The lowest BCUT2D eigenvalue weighted by Crippen LogP contribution is -2.73. The summed E-state index contributed by atoms with van der Waals surface area (Å²) >= 11 is 1.20. The third-order valence-corrected chi connectivity index (χ3v) is 10.7. The van der Waals surface area contributed by atoms with E-state index in [2.05, 4.69) is 16.0 Å². The third kappa shape index (κ3) is 4.56. The summed E-state index contributed by atoms with van der Waals surface area (Å²) in [6, 6.07) is 11.5. The van der Waals surface area contributed by atoms with Crippen LogP contribution in [0, 0.1) is 34.3 Å². The first-order chi connectivity index (χ1) is 21.7. The molecule has 230 valence electrons. The van der Waals surface area contributed by atoms with Crippen molar-refractivity contribution >= 4 is 44.7 Å². The van der Waals surface area contributed by atoms with Crippen LogP contribution in [0.3, 0.4) is 0 Å². The monoisotopic (exact) mass is 628 g/mol. The number of pyridine rings is 1. The van der Waals surface area contributed by atoms with Gasteiger partial charge in [-0.15, -0.1) is 0 Å². The number of aliphatic hydroxyl groups is 1. The summed E-state index contributed by atoms with van der Waals surface area (Å²) in [5.74, 6) is -0.719. The molecule has 2 atom stereocenters. The van der Waals surface area contributed by atoms with Gasteiger partial charge in [0.25, 0.3) is 0 Å². The maximum atomic E-state index is 15.9. The molecule has 3 fully saturated rings. The Balaban J connectivity index is 1.13. The van der Waals surface area contributed by atoms with E-state index in [1.54, 1.807) is 12.1 Å². The first-order valence-corrected chi connectivity index (χ1v) is 15.9. The molecule has 1 spiro atoms. The average Bonchev–Trinajstić information content (AvgIpc) is 3.76. The molecule has 1 N–H and O–H groups in total. The summed E-state index contributed by atoms with van der Waals surface area (Å²) in [4.78, 5) is 28.5. The molecular formula is C33H30F2N6O3S. The molecule has 1 aliphatic carbocycles. The number of halogens is 2. The number of rotatable bonds is 5. The molecule has 5 heterocycles. The predicted octanol–water partition coefficient (Wildman–Crippen LogP) is 4.94. The highest BCUT2D eigenvalue weighted by atomic mass is 32.1. The number of benzene rings is 2. The molecule has 1 amide bonds. The van der Waals surface area contributed by atoms with E-state index < -0.39 is 11.9 Å². The number of carbonyl (C=O) groups is 1. The number of nitriles is 1. The van der Waals surface area contributed by atoms with Gasteiger partial charge in [-0.05, 0) is 55.7 Å². The van der Waals surface area contributed by atoms with Crippen molar-refractivity contribution in [2.24, 2.45) is 11.3 Å². The molecule has 0 bridgehead atoms. The fraction of sp³-hybridized carbons (Fsp3) is 0.394. The average molecular weight is 629 g/mol. The fourth-order valence-electron chi connectivity index (χ4n) is 7.34. The Morgan fingerprint density at radius 1 is 1.16 bits per heavy atom. The molecule has 12 heteroatoms. The van der Waals surface area contributed by atoms with Crippen LogP contribution in [0.15, 0.2) is 36.4 Å². The van der Waals surface area contributed by atoms with Crippen LogP contribution < -0.4 is 9.80 Å². The number of aliphatic hydroxyl groups excluding tert-OH is 1. The Labute approximate surface area is 262 Å². The lowest BCUT2D eigenvalue weighted by Gasteiger charge is -2.61. The molecule has 2 aromatic heterocycles. The Hall–Kier alpha value is -4.18. The quantitative estimate of drug-likeness (QED) is 0.332. The van der Waals surface area contributed by atoms with E-state index in [0.717, 1.165) is 30.8 Å². The van der Waals surface area contributed by atoms with Gasteiger partial charge in [0, 0.05) is 67.4 Å². The Morgan fingerprint density at radius 2 is 1.93 bits per heavy atom. The SMILES string of the molecule is CN(c1nc(-c2ccc(F)cc2)c(C#N)s1)c1c2c(nc3c(F)cc(N4CC5(CN(C(=O)[C@H]6CCOC6)C5)C4)cc13)[C@H](O)CC2. The Morgan fingerprint density at radius 3 is 2.64 bits per heavy atom. The number of ether oxygens (including phenoxy) is 1. The van der Waals surface area contributed by atoms with Crippen LogP contribution in [0.2, 0.25) is 0 Å². The van der Waals surface area contributed by atoms with Gasteiger partial charge in [0.15, 0.2) is 10.9 Å². The lowest BCUT2D eigenvalue weighted by molar-refractivity contribution is -0.149. The third-order valence-electron chi connectivity index (χ3n) is 9.63. The Kier molecular flexibility index (Phi) is 6.57. The molecule has 2 aromatic carbocycles. The number of hydrogen-bond donors (Lipinski definition) is 1. The van der Waals surface area contributed by atoms with E-state index in [9.17, 15) is 19.6 Å². The first-order valence-electron chi connectivity index (χ1n) is 15.1. The molecular weight excluding hydrogens is 598 g/mol. The zero-order valence-corrected chi connectivity index (χ0v) is 25.4. The van der Waals surface area contributed by atoms with Crippen LogP contribution in [-0.4, -0.2) is 72.3 Å². The van der Waals surface area contributed by atoms with Gasteiger partial charge in [0.1, 0.15) is 28.0 Å². The zero-order valence-electron chi connectivity index (χ0n) is 24.6. The summed E-state index contributed by atoms with van der Waals surface area (Å²) in [5, 5.41) is 21.8. The number of fused-ring (bicyclic) bond motifs is 2. The van der Waals surface area contributed by atoms with Crippen molar-refractivity contribution in [1.29, 1.82) is 5.26 Å². The predicted molar refractivity (Wildman–Crippen MR) is 165 cm³/mol. The maximum absolute atomic E-state index is 15.9. The van der Waals surface area contributed by atoms with Crippen molar-refractivity contribution in [3.05, 3.63) is 64.2 Å². The molecule has 0 radical (unpaired) electrons. The van der Waals surface area contributed by atoms with E-state index in [4.69, 9.17) is 9.72 Å². The molecule has 3 aliphatic heterocycles. The standard InChI is InChI=1S/C33H30F2N6O3S/c1-39(32-38-27(26(12-36)45-32)18-2-4-20(34)5-3-18)30-22-6-7-25(42)29(22)37-28-23(30)10-21(11-24(28)35)40-14-33(15-40)16-41(17-33)31(43)19-8-9-44-13-19/h2-5,10-11,19,25,42H,6-9,13-17H2,1H3/t19-,25+/m0/s1. The van der Waals surface area contributed by atoms with Crippen molar-refractivity contribution in [1.82, 2.24) is 14.9 Å². The highest BCUT2D eigenvalue weighted by Gasteiger charge is 2.54. The van der Waals surface area contributed by atoms with E-state index in [1.807, 2.05) is 22.9 Å². The number of aromatic nitrogens is 2. The Bertz CT molecular complexity index is 1890. The van der Waals surface area contributed by atoms with Crippen LogP contribution in [0.25, 0.3) is 22.2 Å². The summed E-state index contributed by atoms with van der Waals surface area (Å²) < 4.78 is 34.9. The number of amides is 1. The molecule has 0 saturated carbocycles. The number of hydrogen-bond acceptors (Lipinski definition) is 9. The summed E-state index contributed by atoms with van der Waals surface area (Å²) in [6.07, 6.45) is 1.02. The second-order valence-corrected chi connectivity index (χ2v) is 13.6. The fourth-order valence-corrected chi connectivity index (χ4v) is 8.19. The van der Waals surface area contributed by atoms with Crippen molar-refractivity contribution in [2.45, 2.75) is 25.4 Å². The van der Waals surface area contributed by atoms with E-state index in [0.29, 0.717) is 77.2 Å². The smallest absolute Gasteiger partial charge is 0.228 e. The zero-order chi connectivity index (χ0) is 31.0. The lowest BCUT2D eigenvalue weighted by atomic mass is 9.72. The van der Waals surface area contributed by atoms with Crippen LogP contribution in [0.1, 0.15) is 35.1 Å². The minimum absolute atomic E-state index is 0.0197. The summed E-state index contributed by atoms with van der Waals surface area (Å²) in [7, 11) is 1.83. The molecule has 4 aromatic rings. The normalized spacial score (nSPS) is 21.5. The number of nitrogens with zero attached hydrogens (tertiary/aromatic N) is 6. The van der Waals surface area contributed by atoms with Crippen LogP contribution in [0.4, 0.5) is 25.3 Å². The van der Waals surface area contributed by atoms with Crippen molar-refractivity contribution in [3.63, 3.8) is 0 Å². The van der Waals surface area contributed by atoms with Crippen molar-refractivity contribution < 1.29 is 23.4 Å². The number of anilines is 3. The van der Waals surface area contributed by atoms with E-state index >= 15 is 4.39 Å². The summed E-state index contributed by atoms with van der Waals surface area (Å²) in [6.45, 7) is 4.01. The molecule has 3 saturated heterocycles. The highest BCUT2D eigenvalue weighted by Crippen LogP contribution is 2.48. The number of likely N-dealkylation sites (tertiary alicyclic amines) is 1. The minimum atomic E-state index is -0.799. The van der Waals surface area contributed by atoms with Crippen molar-refractivity contribution in [2.75, 3.05) is 56.2 Å². The molecule has 8 rings (SSSR count). The van der Waals surface area contributed by atoms with Crippen LogP contribution >= 0.6 is 11.3 Å². The van der Waals surface area contributed by atoms with Crippen molar-refractivity contribution in [3.8, 4) is 17.3 Å². The van der Waals surface area contributed by atoms with Crippen LogP contribution in [-0.2, 0) is 16.0 Å². The molecule has 0 unspecified atom stereocenters. The van der Waals surface area contributed by atoms with Gasteiger partial charge < -0.3 is 24.5 Å². The van der Waals surface area contributed by atoms with Gasteiger partial charge in [-0.25, -0.2) is 18.7 Å². The van der Waals surface area contributed by atoms with Gasteiger partial charge in [-0.2, -0.15) is 5.26 Å². The first kappa shape index (κ1) is 28.3. The van der Waals surface area contributed by atoms with Gasteiger partial charge in [0.05, 0.1) is 30.0 Å².